The van der Waals surface area contributed by atoms with E-state index in [1.165, 1.54) is 6.07 Å². The lowest BCUT2D eigenvalue weighted by atomic mass is 10.1. The van der Waals surface area contributed by atoms with Crippen LogP contribution in [0, 0.1) is 10.1 Å². The van der Waals surface area contributed by atoms with Crippen LogP contribution in [0.15, 0.2) is 21.5 Å². The molecule has 0 bridgehead atoms. The van der Waals surface area contributed by atoms with E-state index in [1.54, 1.807) is 6.92 Å². The summed E-state index contributed by atoms with van der Waals surface area (Å²) in [5, 5.41) is 20.2. The standard InChI is InChI=1S/C14H11BrN2O7S/c1-2-24-11(18)6-16-13(20)10(25-14(16)21)4-7-3-8(15)5-9(12(7)19)17(22)23/h3-5,19H,2,6H2,1H3/b10-4-. The third-order valence-corrected chi connectivity index (χ3v) is 4.40. The van der Waals surface area contributed by atoms with Crippen molar-refractivity contribution in [3.8, 4) is 5.75 Å². The van der Waals surface area contributed by atoms with Crippen molar-refractivity contribution < 1.29 is 29.2 Å². The van der Waals surface area contributed by atoms with Crippen LogP contribution in [0.1, 0.15) is 12.5 Å². The zero-order chi connectivity index (χ0) is 18.7. The van der Waals surface area contributed by atoms with Crippen LogP contribution in [0.5, 0.6) is 5.75 Å². The van der Waals surface area contributed by atoms with Crippen LogP contribution >= 0.6 is 27.7 Å². The highest BCUT2D eigenvalue weighted by Gasteiger charge is 2.37. The highest BCUT2D eigenvalue weighted by molar-refractivity contribution is 9.10. The Morgan fingerprint density at radius 1 is 1.48 bits per heavy atom. The molecule has 25 heavy (non-hydrogen) atoms. The van der Waals surface area contributed by atoms with Crippen LogP contribution in [0.25, 0.3) is 6.08 Å². The van der Waals surface area contributed by atoms with E-state index in [0.717, 1.165) is 12.1 Å². The van der Waals surface area contributed by atoms with Gasteiger partial charge in [0.25, 0.3) is 11.1 Å². The minimum atomic E-state index is -0.774. The molecule has 1 aliphatic heterocycles. The summed E-state index contributed by atoms with van der Waals surface area (Å²) >= 11 is 3.64. The van der Waals surface area contributed by atoms with Crippen LogP contribution in [0.4, 0.5) is 10.5 Å². The van der Waals surface area contributed by atoms with Gasteiger partial charge in [-0.25, -0.2) is 0 Å². The zero-order valence-corrected chi connectivity index (χ0v) is 15.1. The maximum atomic E-state index is 12.3. The fourth-order valence-corrected chi connectivity index (χ4v) is 3.26. The number of esters is 1. The van der Waals surface area contributed by atoms with Crippen molar-refractivity contribution in [2.24, 2.45) is 0 Å². The van der Waals surface area contributed by atoms with Gasteiger partial charge in [0, 0.05) is 16.1 Å². The van der Waals surface area contributed by atoms with Crippen molar-refractivity contribution in [1.29, 1.82) is 0 Å². The molecular weight excluding hydrogens is 420 g/mol. The van der Waals surface area contributed by atoms with Gasteiger partial charge in [0.15, 0.2) is 0 Å². The number of ether oxygens (including phenoxy) is 1. The summed E-state index contributed by atoms with van der Waals surface area (Å²) in [6.45, 7) is 1.18. The SMILES string of the molecule is CCOC(=O)CN1C(=O)S/C(=C\c2cc(Br)cc([N+](=O)[O-])c2O)C1=O. The number of aromatic hydroxyl groups is 1. The first-order valence-electron chi connectivity index (χ1n) is 6.82. The quantitative estimate of drug-likeness (QED) is 0.326. The van der Waals surface area contributed by atoms with Gasteiger partial charge in [0.1, 0.15) is 6.54 Å². The average molecular weight is 431 g/mol. The number of phenols is 1. The molecule has 0 aromatic heterocycles. The molecule has 1 aromatic carbocycles. The monoisotopic (exact) mass is 430 g/mol. The van der Waals surface area contributed by atoms with Crippen molar-refractivity contribution in [3.05, 3.63) is 37.2 Å². The third kappa shape index (κ3) is 4.17. The Labute approximate surface area is 153 Å². The zero-order valence-electron chi connectivity index (χ0n) is 12.7. The molecule has 0 saturated carbocycles. The number of imide groups is 1. The molecule has 11 heteroatoms. The van der Waals surface area contributed by atoms with Gasteiger partial charge in [-0.05, 0) is 30.8 Å². The van der Waals surface area contributed by atoms with Crippen LogP contribution in [0.2, 0.25) is 0 Å². The number of nitro benzene ring substituents is 1. The molecule has 1 fully saturated rings. The molecular formula is C14H11BrN2O7S. The van der Waals surface area contributed by atoms with Crippen molar-refractivity contribution in [1.82, 2.24) is 4.90 Å². The Morgan fingerprint density at radius 2 is 2.16 bits per heavy atom. The third-order valence-electron chi connectivity index (χ3n) is 3.03. The lowest BCUT2D eigenvalue weighted by Gasteiger charge is -2.10. The van der Waals surface area contributed by atoms with Crippen molar-refractivity contribution >= 4 is 56.6 Å². The summed E-state index contributed by atoms with van der Waals surface area (Å²) in [5.41, 5.74) is -0.561. The van der Waals surface area contributed by atoms with Crippen molar-refractivity contribution in [3.63, 3.8) is 0 Å². The molecule has 0 spiro atoms. The number of phenolic OH excluding ortho intramolecular Hbond substituents is 1. The fraction of sp³-hybridized carbons (Fsp3) is 0.214. The van der Waals surface area contributed by atoms with Crippen LogP contribution in [-0.4, -0.2) is 45.2 Å². The Kier molecular flexibility index (Phi) is 5.80. The molecule has 2 amide bonds. The average Bonchev–Trinajstić information content (AvgIpc) is 2.78. The number of thioether (sulfide) groups is 1. The number of carbonyl (C=O) groups excluding carboxylic acids is 3. The summed E-state index contributed by atoms with van der Waals surface area (Å²) in [7, 11) is 0. The van der Waals surface area contributed by atoms with Crippen LogP contribution in [-0.2, 0) is 14.3 Å². The number of carbonyl (C=O) groups is 3. The predicted octanol–water partition coefficient (Wildman–Crippen LogP) is 2.66. The molecule has 1 aliphatic rings. The number of amides is 2. The minimum Gasteiger partial charge on any atom is -0.502 e. The molecule has 2 rings (SSSR count). The van der Waals surface area contributed by atoms with E-state index in [2.05, 4.69) is 15.9 Å². The predicted molar refractivity (Wildman–Crippen MR) is 91.8 cm³/mol. The Bertz CT molecular complexity index is 809. The van der Waals surface area contributed by atoms with E-state index in [0.29, 0.717) is 21.1 Å². The smallest absolute Gasteiger partial charge is 0.326 e. The fourth-order valence-electron chi connectivity index (χ4n) is 1.97. The summed E-state index contributed by atoms with van der Waals surface area (Å²) < 4.78 is 5.01. The highest BCUT2D eigenvalue weighted by atomic mass is 79.9. The Hall–Kier alpha value is -2.40. The normalized spacial score (nSPS) is 15.8. The minimum absolute atomic E-state index is 0.0114. The molecule has 0 radical (unpaired) electrons. The lowest BCUT2D eigenvalue weighted by molar-refractivity contribution is -0.385. The first-order chi connectivity index (χ1) is 11.7. The first-order valence-corrected chi connectivity index (χ1v) is 8.43. The summed E-state index contributed by atoms with van der Waals surface area (Å²) in [6, 6.07) is 2.47. The molecule has 0 aliphatic carbocycles. The second kappa shape index (κ2) is 7.66. The number of nitro groups is 1. The summed E-state index contributed by atoms with van der Waals surface area (Å²) in [4.78, 5) is 46.4. The number of nitrogens with zero attached hydrogens (tertiary/aromatic N) is 2. The van der Waals surface area contributed by atoms with E-state index in [4.69, 9.17) is 4.74 Å². The van der Waals surface area contributed by atoms with Gasteiger partial charge >= 0.3 is 11.7 Å². The lowest BCUT2D eigenvalue weighted by Crippen LogP contribution is -2.34. The largest absolute Gasteiger partial charge is 0.502 e. The number of hydrogen-bond donors (Lipinski definition) is 1. The summed E-state index contributed by atoms with van der Waals surface area (Å²) in [5.74, 6) is -2.11. The maximum absolute atomic E-state index is 12.3. The van der Waals surface area contributed by atoms with E-state index < -0.39 is 40.0 Å². The van der Waals surface area contributed by atoms with Gasteiger partial charge in [-0.2, -0.15) is 0 Å². The number of rotatable bonds is 5. The second-order valence-electron chi connectivity index (χ2n) is 4.69. The first kappa shape index (κ1) is 18.9. The molecule has 1 saturated heterocycles. The molecule has 1 N–H and O–H groups in total. The van der Waals surface area contributed by atoms with Gasteiger partial charge in [0.2, 0.25) is 5.75 Å². The van der Waals surface area contributed by atoms with Gasteiger partial charge in [0.05, 0.1) is 16.4 Å². The number of benzene rings is 1. The van der Waals surface area contributed by atoms with Crippen LogP contribution in [0.3, 0.4) is 0 Å². The second-order valence-corrected chi connectivity index (χ2v) is 6.60. The van der Waals surface area contributed by atoms with Gasteiger partial charge in [-0.15, -0.1) is 0 Å². The number of halogens is 1. The molecule has 132 valence electrons. The van der Waals surface area contributed by atoms with E-state index >= 15 is 0 Å². The van der Waals surface area contributed by atoms with E-state index in [9.17, 15) is 29.6 Å². The van der Waals surface area contributed by atoms with E-state index in [-0.39, 0.29) is 17.1 Å². The number of hydrogen-bond acceptors (Lipinski definition) is 8. The topological polar surface area (TPSA) is 127 Å². The highest BCUT2D eigenvalue weighted by Crippen LogP contribution is 2.38. The summed E-state index contributed by atoms with van der Waals surface area (Å²) in [6.07, 6.45) is 1.16. The molecule has 0 unspecified atom stereocenters. The molecule has 1 heterocycles. The van der Waals surface area contributed by atoms with Gasteiger partial charge in [-0.1, -0.05) is 15.9 Å². The van der Waals surface area contributed by atoms with Crippen molar-refractivity contribution in [2.45, 2.75) is 6.92 Å². The maximum Gasteiger partial charge on any atom is 0.326 e. The van der Waals surface area contributed by atoms with Gasteiger partial charge in [-0.3, -0.25) is 29.4 Å². The Morgan fingerprint density at radius 3 is 2.76 bits per heavy atom. The molecule has 9 nitrogen and oxygen atoms in total. The molecule has 0 atom stereocenters. The van der Waals surface area contributed by atoms with E-state index in [1.807, 2.05) is 0 Å². The van der Waals surface area contributed by atoms with Crippen molar-refractivity contribution in [2.75, 3.05) is 13.2 Å². The van der Waals surface area contributed by atoms with Gasteiger partial charge < -0.3 is 9.84 Å². The Balaban J connectivity index is 2.34. The molecule has 1 aromatic rings. The van der Waals surface area contributed by atoms with Crippen LogP contribution < -0.4 is 0 Å².